The number of carbonyl (C=O) groups is 1. The van der Waals surface area contributed by atoms with Gasteiger partial charge in [-0.2, -0.15) is 0 Å². The van der Waals surface area contributed by atoms with Gasteiger partial charge in [-0.1, -0.05) is 42.5 Å². The van der Waals surface area contributed by atoms with Crippen LogP contribution in [-0.2, 0) is 11.2 Å². The van der Waals surface area contributed by atoms with Gasteiger partial charge in [0.15, 0.2) is 0 Å². The van der Waals surface area contributed by atoms with Crippen LogP contribution in [0.15, 0.2) is 54.6 Å². The van der Waals surface area contributed by atoms with E-state index in [0.717, 1.165) is 18.4 Å². The number of likely N-dealkylation sites (N-methyl/N-ethyl adjacent to an activating group) is 1. The quantitative estimate of drug-likeness (QED) is 0.803. The van der Waals surface area contributed by atoms with Crippen LogP contribution in [-0.4, -0.2) is 31.4 Å². The van der Waals surface area contributed by atoms with Crippen molar-refractivity contribution in [3.8, 4) is 0 Å². The molecule has 0 radical (unpaired) electrons. The minimum Gasteiger partial charge on any atom is -0.354 e. The van der Waals surface area contributed by atoms with Crippen molar-refractivity contribution in [1.82, 2.24) is 10.2 Å². The van der Waals surface area contributed by atoms with Crippen LogP contribution in [0.5, 0.6) is 0 Å². The number of aryl methyl sites for hydroxylation is 1. The molecule has 1 unspecified atom stereocenters. The summed E-state index contributed by atoms with van der Waals surface area (Å²) in [5, 5.41) is 3.02. The van der Waals surface area contributed by atoms with Gasteiger partial charge in [-0.25, -0.2) is 4.39 Å². The highest BCUT2D eigenvalue weighted by molar-refractivity contribution is 5.75. The van der Waals surface area contributed by atoms with Crippen LogP contribution in [0, 0.1) is 5.82 Å². The minimum absolute atomic E-state index is 0.0555. The molecule has 0 fully saturated rings. The van der Waals surface area contributed by atoms with E-state index < -0.39 is 0 Å². The lowest BCUT2D eigenvalue weighted by molar-refractivity contribution is -0.121. The first-order valence-electron chi connectivity index (χ1n) is 8.29. The van der Waals surface area contributed by atoms with Crippen LogP contribution in [0.25, 0.3) is 0 Å². The molecule has 2 rings (SSSR count). The second-order valence-electron chi connectivity index (χ2n) is 6.17. The lowest BCUT2D eigenvalue weighted by Crippen LogP contribution is -2.34. The third-order valence-electron chi connectivity index (χ3n) is 4.08. The van der Waals surface area contributed by atoms with Gasteiger partial charge in [-0.3, -0.25) is 4.79 Å². The molecule has 4 heteroatoms. The number of benzene rings is 2. The third-order valence-corrected chi connectivity index (χ3v) is 4.08. The Morgan fingerprint density at radius 1 is 1.08 bits per heavy atom. The second-order valence-corrected chi connectivity index (χ2v) is 6.17. The Balaban J connectivity index is 1.76. The van der Waals surface area contributed by atoms with E-state index in [9.17, 15) is 9.18 Å². The molecule has 2 aromatic rings. The van der Waals surface area contributed by atoms with Crippen molar-refractivity contribution in [2.75, 3.05) is 20.6 Å². The summed E-state index contributed by atoms with van der Waals surface area (Å²) in [6.45, 7) is 0.590. The molecule has 0 aliphatic heterocycles. The largest absolute Gasteiger partial charge is 0.354 e. The number of hydrogen-bond donors (Lipinski definition) is 1. The summed E-state index contributed by atoms with van der Waals surface area (Å²) in [4.78, 5) is 14.2. The van der Waals surface area contributed by atoms with Gasteiger partial charge in [0.25, 0.3) is 0 Å². The molecule has 24 heavy (non-hydrogen) atoms. The Bertz CT molecular complexity index is 626. The summed E-state index contributed by atoms with van der Waals surface area (Å²) in [6.07, 6.45) is 2.02. The lowest BCUT2D eigenvalue weighted by Gasteiger charge is -2.25. The standard InChI is InChI=1S/C20H25FN2O/c1-23(2)19(17-8-4-3-5-9-17)15-22-20(24)10-6-7-16-11-13-18(21)14-12-16/h3-5,8-9,11-14,19H,6-7,10,15H2,1-2H3,(H,22,24). The Labute approximate surface area is 143 Å². The number of amides is 1. The first-order valence-corrected chi connectivity index (χ1v) is 8.29. The van der Waals surface area contributed by atoms with E-state index in [1.807, 2.05) is 32.3 Å². The number of hydrogen-bond acceptors (Lipinski definition) is 2. The Hall–Kier alpha value is -2.20. The van der Waals surface area contributed by atoms with Gasteiger partial charge in [0.1, 0.15) is 5.82 Å². The van der Waals surface area contributed by atoms with Crippen LogP contribution >= 0.6 is 0 Å². The van der Waals surface area contributed by atoms with E-state index in [0.29, 0.717) is 13.0 Å². The van der Waals surface area contributed by atoms with Crippen molar-refractivity contribution in [3.05, 3.63) is 71.5 Å². The van der Waals surface area contributed by atoms with Crippen LogP contribution in [0.2, 0.25) is 0 Å². The molecule has 1 amide bonds. The fraction of sp³-hybridized carbons (Fsp3) is 0.350. The van der Waals surface area contributed by atoms with E-state index in [1.165, 1.54) is 17.7 Å². The molecule has 2 aromatic carbocycles. The first kappa shape index (κ1) is 18.1. The molecule has 128 valence electrons. The van der Waals surface area contributed by atoms with E-state index >= 15 is 0 Å². The van der Waals surface area contributed by atoms with Gasteiger partial charge < -0.3 is 10.2 Å². The highest BCUT2D eigenvalue weighted by atomic mass is 19.1. The van der Waals surface area contributed by atoms with Crippen LogP contribution in [0.4, 0.5) is 4.39 Å². The predicted octanol–water partition coefficient (Wildman–Crippen LogP) is 3.57. The highest BCUT2D eigenvalue weighted by Gasteiger charge is 2.14. The summed E-state index contributed by atoms with van der Waals surface area (Å²) in [7, 11) is 4.02. The van der Waals surface area contributed by atoms with Gasteiger partial charge in [0, 0.05) is 13.0 Å². The van der Waals surface area contributed by atoms with Gasteiger partial charge in [0.2, 0.25) is 5.91 Å². The predicted molar refractivity (Wildman–Crippen MR) is 95.2 cm³/mol. The molecule has 0 saturated carbocycles. The first-order chi connectivity index (χ1) is 11.6. The maximum absolute atomic E-state index is 12.9. The molecular weight excluding hydrogens is 303 g/mol. The monoisotopic (exact) mass is 328 g/mol. The van der Waals surface area contributed by atoms with E-state index in [-0.39, 0.29) is 17.8 Å². The van der Waals surface area contributed by atoms with Gasteiger partial charge in [-0.05, 0) is 50.2 Å². The molecule has 3 nitrogen and oxygen atoms in total. The number of nitrogens with one attached hydrogen (secondary N) is 1. The Kier molecular flexibility index (Phi) is 6.94. The topological polar surface area (TPSA) is 32.3 Å². The van der Waals surface area contributed by atoms with Gasteiger partial charge in [0.05, 0.1) is 6.04 Å². The van der Waals surface area contributed by atoms with Crippen molar-refractivity contribution < 1.29 is 9.18 Å². The van der Waals surface area contributed by atoms with Crippen molar-refractivity contribution in [2.45, 2.75) is 25.3 Å². The maximum Gasteiger partial charge on any atom is 0.220 e. The number of carbonyl (C=O) groups excluding carboxylic acids is 1. The molecule has 0 spiro atoms. The fourth-order valence-electron chi connectivity index (χ4n) is 2.68. The van der Waals surface area contributed by atoms with Gasteiger partial charge in [-0.15, -0.1) is 0 Å². The minimum atomic E-state index is -0.230. The molecule has 0 bridgehead atoms. The molecule has 0 aliphatic rings. The molecule has 1 atom stereocenters. The van der Waals surface area contributed by atoms with E-state index in [4.69, 9.17) is 0 Å². The zero-order chi connectivity index (χ0) is 17.4. The smallest absolute Gasteiger partial charge is 0.220 e. The Morgan fingerprint density at radius 2 is 1.75 bits per heavy atom. The molecule has 0 aromatic heterocycles. The fourth-order valence-corrected chi connectivity index (χ4v) is 2.68. The zero-order valence-corrected chi connectivity index (χ0v) is 14.3. The molecular formula is C20H25FN2O. The molecule has 0 heterocycles. The Morgan fingerprint density at radius 3 is 2.38 bits per heavy atom. The van der Waals surface area contributed by atoms with Crippen molar-refractivity contribution in [1.29, 1.82) is 0 Å². The molecule has 0 saturated heterocycles. The van der Waals surface area contributed by atoms with Crippen molar-refractivity contribution in [3.63, 3.8) is 0 Å². The van der Waals surface area contributed by atoms with E-state index in [2.05, 4.69) is 22.3 Å². The average molecular weight is 328 g/mol. The number of rotatable bonds is 8. The third kappa shape index (κ3) is 5.78. The number of nitrogens with zero attached hydrogens (tertiary/aromatic N) is 1. The summed E-state index contributed by atoms with van der Waals surface area (Å²) >= 11 is 0. The van der Waals surface area contributed by atoms with Crippen molar-refractivity contribution >= 4 is 5.91 Å². The summed E-state index contributed by atoms with van der Waals surface area (Å²) in [5.74, 6) is -0.174. The average Bonchev–Trinajstić information content (AvgIpc) is 2.57. The van der Waals surface area contributed by atoms with E-state index in [1.54, 1.807) is 12.1 Å². The van der Waals surface area contributed by atoms with Crippen molar-refractivity contribution in [2.24, 2.45) is 0 Å². The highest BCUT2D eigenvalue weighted by Crippen LogP contribution is 2.16. The normalized spacial score (nSPS) is 12.2. The second kappa shape index (κ2) is 9.18. The van der Waals surface area contributed by atoms with Crippen LogP contribution < -0.4 is 5.32 Å². The van der Waals surface area contributed by atoms with Crippen LogP contribution in [0.3, 0.4) is 0 Å². The maximum atomic E-state index is 12.9. The van der Waals surface area contributed by atoms with Crippen LogP contribution in [0.1, 0.15) is 30.0 Å². The summed E-state index contributed by atoms with van der Waals surface area (Å²) in [6, 6.07) is 16.8. The lowest BCUT2D eigenvalue weighted by atomic mass is 10.1. The van der Waals surface area contributed by atoms with Gasteiger partial charge >= 0.3 is 0 Å². The molecule has 0 aliphatic carbocycles. The molecule has 1 N–H and O–H groups in total. The zero-order valence-electron chi connectivity index (χ0n) is 14.3. The summed E-state index contributed by atoms with van der Waals surface area (Å²) < 4.78 is 12.9. The number of halogens is 1. The summed E-state index contributed by atoms with van der Waals surface area (Å²) in [5.41, 5.74) is 2.24. The SMILES string of the molecule is CN(C)C(CNC(=O)CCCc1ccc(F)cc1)c1ccccc1.